The van der Waals surface area contributed by atoms with E-state index in [9.17, 15) is 0 Å². The molecule has 0 aliphatic carbocycles. The van der Waals surface area contributed by atoms with E-state index < -0.39 is 0 Å². The Bertz CT molecular complexity index is 381. The number of hydrogen-bond acceptors (Lipinski definition) is 2. The maximum Gasteiger partial charge on any atom is 0.0210 e. The Labute approximate surface area is 118 Å². The molecule has 19 heavy (non-hydrogen) atoms. The summed E-state index contributed by atoms with van der Waals surface area (Å²) in [5.74, 6) is 0.622. The van der Waals surface area contributed by atoms with E-state index in [1.165, 1.54) is 30.6 Å². The highest BCUT2D eigenvalue weighted by Crippen LogP contribution is 2.16. The zero-order chi connectivity index (χ0) is 13.8. The Morgan fingerprint density at radius 2 is 1.84 bits per heavy atom. The van der Waals surface area contributed by atoms with Crippen LogP contribution in [0.4, 0.5) is 0 Å². The van der Waals surface area contributed by atoms with Crippen LogP contribution in [-0.2, 0) is 6.54 Å². The summed E-state index contributed by atoms with van der Waals surface area (Å²) >= 11 is 0. The molecule has 0 saturated carbocycles. The predicted molar refractivity (Wildman–Crippen MR) is 82.5 cm³/mol. The molecule has 0 radical (unpaired) electrons. The van der Waals surface area contributed by atoms with Crippen LogP contribution in [-0.4, -0.2) is 30.1 Å². The Hall–Kier alpha value is -0.860. The van der Waals surface area contributed by atoms with E-state index in [-0.39, 0.29) is 0 Å². The van der Waals surface area contributed by atoms with E-state index in [1.807, 2.05) is 0 Å². The third-order valence-corrected chi connectivity index (χ3v) is 4.19. The molecule has 2 nitrogen and oxygen atoms in total. The van der Waals surface area contributed by atoms with Gasteiger partial charge in [0.05, 0.1) is 0 Å². The van der Waals surface area contributed by atoms with Crippen molar-refractivity contribution in [3.63, 3.8) is 0 Å². The highest BCUT2D eigenvalue weighted by Gasteiger charge is 2.23. The molecule has 0 aromatic heterocycles. The first-order valence-corrected chi connectivity index (χ1v) is 7.62. The van der Waals surface area contributed by atoms with E-state index in [0.29, 0.717) is 18.0 Å². The Kier molecular flexibility index (Phi) is 5.00. The molecule has 1 unspecified atom stereocenters. The molecule has 0 bridgehead atoms. The van der Waals surface area contributed by atoms with Crippen molar-refractivity contribution in [2.45, 2.75) is 58.7 Å². The number of likely N-dealkylation sites (tertiary alicyclic amines) is 1. The lowest BCUT2D eigenvalue weighted by Crippen LogP contribution is -2.34. The van der Waals surface area contributed by atoms with Gasteiger partial charge >= 0.3 is 0 Å². The van der Waals surface area contributed by atoms with Gasteiger partial charge in [0.2, 0.25) is 0 Å². The summed E-state index contributed by atoms with van der Waals surface area (Å²) in [4.78, 5) is 2.56. The zero-order valence-electron chi connectivity index (χ0n) is 12.8. The highest BCUT2D eigenvalue weighted by molar-refractivity contribution is 5.24. The molecular weight excluding hydrogens is 232 g/mol. The Morgan fingerprint density at radius 1 is 1.16 bits per heavy atom. The highest BCUT2D eigenvalue weighted by atomic mass is 15.2. The summed E-state index contributed by atoms with van der Waals surface area (Å²) in [6.07, 6.45) is 1.28. The maximum atomic E-state index is 3.69. The lowest BCUT2D eigenvalue weighted by atomic mass is 10.0. The SMILES string of the molecule is CC(C)c1ccc(CNC2CCN(C(C)C)C2)cc1. The monoisotopic (exact) mass is 260 g/mol. The number of nitrogens with one attached hydrogen (secondary N) is 1. The van der Waals surface area contributed by atoms with E-state index in [4.69, 9.17) is 0 Å². The van der Waals surface area contributed by atoms with E-state index in [2.05, 4.69) is 62.2 Å². The van der Waals surface area contributed by atoms with Gasteiger partial charge in [0.15, 0.2) is 0 Å². The summed E-state index contributed by atoms with van der Waals surface area (Å²) in [6, 6.07) is 10.4. The van der Waals surface area contributed by atoms with E-state index in [0.717, 1.165) is 6.54 Å². The number of rotatable bonds is 5. The predicted octanol–water partition coefficient (Wildman–Crippen LogP) is 3.38. The summed E-state index contributed by atoms with van der Waals surface area (Å²) in [5.41, 5.74) is 2.82. The molecule has 1 aromatic rings. The second-order valence-electron chi connectivity index (χ2n) is 6.35. The van der Waals surface area contributed by atoms with Gasteiger partial charge in [-0.1, -0.05) is 38.1 Å². The standard InChI is InChI=1S/C17H28N2/c1-13(2)16-7-5-15(6-8-16)11-18-17-9-10-19(12-17)14(3)4/h5-8,13-14,17-18H,9-12H2,1-4H3. The molecule has 2 heteroatoms. The van der Waals surface area contributed by atoms with Crippen LogP contribution in [0.2, 0.25) is 0 Å². The minimum atomic E-state index is 0.622. The lowest BCUT2D eigenvalue weighted by Gasteiger charge is -2.20. The Morgan fingerprint density at radius 3 is 2.37 bits per heavy atom. The molecule has 1 aromatic carbocycles. The van der Waals surface area contributed by atoms with Crippen molar-refractivity contribution < 1.29 is 0 Å². The number of benzene rings is 1. The molecule has 1 aliphatic rings. The molecule has 1 fully saturated rings. The third kappa shape index (κ3) is 4.05. The van der Waals surface area contributed by atoms with Gasteiger partial charge in [-0.2, -0.15) is 0 Å². The molecule has 0 spiro atoms. The largest absolute Gasteiger partial charge is 0.309 e. The maximum absolute atomic E-state index is 3.69. The first kappa shape index (κ1) is 14.5. The van der Waals surface area contributed by atoms with Crippen molar-refractivity contribution in [2.24, 2.45) is 0 Å². The quantitative estimate of drug-likeness (QED) is 0.873. The normalized spacial score (nSPS) is 20.6. The van der Waals surface area contributed by atoms with Crippen molar-refractivity contribution in [1.82, 2.24) is 10.2 Å². The van der Waals surface area contributed by atoms with Crippen molar-refractivity contribution in [3.05, 3.63) is 35.4 Å². The first-order valence-electron chi connectivity index (χ1n) is 7.62. The van der Waals surface area contributed by atoms with Crippen LogP contribution < -0.4 is 5.32 Å². The van der Waals surface area contributed by atoms with Crippen molar-refractivity contribution in [1.29, 1.82) is 0 Å². The third-order valence-electron chi connectivity index (χ3n) is 4.19. The molecule has 1 aliphatic heterocycles. The zero-order valence-corrected chi connectivity index (χ0v) is 12.8. The van der Waals surface area contributed by atoms with Gasteiger partial charge in [-0.25, -0.2) is 0 Å². The van der Waals surface area contributed by atoms with E-state index >= 15 is 0 Å². The fourth-order valence-corrected chi connectivity index (χ4v) is 2.71. The van der Waals surface area contributed by atoms with Gasteiger partial charge in [-0.05, 0) is 43.9 Å². The molecule has 1 N–H and O–H groups in total. The number of hydrogen-bond donors (Lipinski definition) is 1. The fraction of sp³-hybridized carbons (Fsp3) is 0.647. The van der Waals surface area contributed by atoms with Gasteiger partial charge in [-0.3, -0.25) is 4.90 Å². The summed E-state index contributed by atoms with van der Waals surface area (Å²) in [6.45, 7) is 12.5. The van der Waals surface area contributed by atoms with Crippen LogP contribution >= 0.6 is 0 Å². The van der Waals surface area contributed by atoms with Gasteiger partial charge in [0.1, 0.15) is 0 Å². The molecule has 2 rings (SSSR count). The second kappa shape index (κ2) is 6.53. The van der Waals surface area contributed by atoms with Crippen molar-refractivity contribution in [2.75, 3.05) is 13.1 Å². The molecule has 106 valence electrons. The minimum Gasteiger partial charge on any atom is -0.309 e. The van der Waals surface area contributed by atoms with Gasteiger partial charge in [0.25, 0.3) is 0 Å². The van der Waals surface area contributed by atoms with Crippen LogP contribution in [0.5, 0.6) is 0 Å². The smallest absolute Gasteiger partial charge is 0.0210 e. The lowest BCUT2D eigenvalue weighted by molar-refractivity contribution is 0.268. The summed E-state index contributed by atoms with van der Waals surface area (Å²) in [5, 5.41) is 3.69. The summed E-state index contributed by atoms with van der Waals surface area (Å²) < 4.78 is 0. The van der Waals surface area contributed by atoms with Crippen LogP contribution in [0.25, 0.3) is 0 Å². The van der Waals surface area contributed by atoms with Gasteiger partial charge in [0, 0.05) is 25.2 Å². The topological polar surface area (TPSA) is 15.3 Å². The summed E-state index contributed by atoms with van der Waals surface area (Å²) in [7, 11) is 0. The first-order chi connectivity index (χ1) is 9.06. The van der Waals surface area contributed by atoms with Crippen LogP contribution in [0, 0.1) is 0 Å². The molecule has 0 amide bonds. The van der Waals surface area contributed by atoms with Crippen LogP contribution in [0.3, 0.4) is 0 Å². The Balaban J connectivity index is 1.80. The van der Waals surface area contributed by atoms with E-state index in [1.54, 1.807) is 0 Å². The van der Waals surface area contributed by atoms with Crippen LogP contribution in [0.15, 0.2) is 24.3 Å². The number of nitrogens with zero attached hydrogens (tertiary/aromatic N) is 1. The van der Waals surface area contributed by atoms with Gasteiger partial charge < -0.3 is 5.32 Å². The molecule has 1 saturated heterocycles. The second-order valence-corrected chi connectivity index (χ2v) is 6.35. The molecule has 1 heterocycles. The van der Waals surface area contributed by atoms with Gasteiger partial charge in [-0.15, -0.1) is 0 Å². The van der Waals surface area contributed by atoms with Crippen LogP contribution in [0.1, 0.15) is 51.2 Å². The molecule has 1 atom stereocenters. The minimum absolute atomic E-state index is 0.622. The fourth-order valence-electron chi connectivity index (χ4n) is 2.71. The average molecular weight is 260 g/mol. The molecular formula is C17H28N2. The van der Waals surface area contributed by atoms with Crippen molar-refractivity contribution in [3.8, 4) is 0 Å². The van der Waals surface area contributed by atoms with Crippen molar-refractivity contribution >= 4 is 0 Å². The average Bonchev–Trinajstić information content (AvgIpc) is 2.86.